The number of aryl methyl sites for hydroxylation is 1. The summed E-state index contributed by atoms with van der Waals surface area (Å²) in [4.78, 5) is 14.3. The lowest BCUT2D eigenvalue weighted by molar-refractivity contribution is 0.203. The standard InChI is InChI=1S/C18H21FN4O2/c1-5-22(10-14-6-7-17(25-4)16(19)8-14)11-23-18(24)15(9-20)12(2)13(3)21-23/h6-8H,5,10-11H2,1-4H3. The molecule has 0 spiro atoms. The first-order valence-corrected chi connectivity index (χ1v) is 7.94. The number of nitriles is 1. The average molecular weight is 344 g/mol. The van der Waals surface area contributed by atoms with Crippen molar-refractivity contribution >= 4 is 0 Å². The summed E-state index contributed by atoms with van der Waals surface area (Å²) in [6, 6.07) is 6.72. The number of methoxy groups -OCH3 is 1. The molecule has 132 valence electrons. The summed E-state index contributed by atoms with van der Waals surface area (Å²) in [5, 5.41) is 13.5. The molecule has 0 amide bonds. The maximum absolute atomic E-state index is 13.8. The molecule has 0 N–H and O–H groups in total. The van der Waals surface area contributed by atoms with Crippen LogP contribution in [-0.2, 0) is 13.2 Å². The van der Waals surface area contributed by atoms with Crippen molar-refractivity contribution in [2.75, 3.05) is 13.7 Å². The van der Waals surface area contributed by atoms with E-state index in [0.29, 0.717) is 24.3 Å². The molecule has 0 saturated carbocycles. The zero-order valence-corrected chi connectivity index (χ0v) is 14.8. The van der Waals surface area contributed by atoms with E-state index in [1.807, 2.05) is 17.9 Å². The van der Waals surface area contributed by atoms with Gasteiger partial charge in [-0.05, 0) is 43.7 Å². The Morgan fingerprint density at radius 1 is 1.40 bits per heavy atom. The highest BCUT2D eigenvalue weighted by atomic mass is 19.1. The molecule has 7 heteroatoms. The Hall–Kier alpha value is -2.72. The van der Waals surface area contributed by atoms with E-state index in [4.69, 9.17) is 4.74 Å². The third kappa shape index (κ3) is 4.03. The number of ether oxygens (including phenoxy) is 1. The Morgan fingerprint density at radius 3 is 2.68 bits per heavy atom. The van der Waals surface area contributed by atoms with E-state index >= 15 is 0 Å². The molecule has 2 aromatic rings. The summed E-state index contributed by atoms with van der Waals surface area (Å²) < 4.78 is 20.0. The van der Waals surface area contributed by atoms with E-state index in [0.717, 1.165) is 5.56 Å². The van der Waals surface area contributed by atoms with Gasteiger partial charge in [-0.15, -0.1) is 0 Å². The number of aromatic nitrogens is 2. The molecule has 1 aromatic carbocycles. The first-order chi connectivity index (χ1) is 11.9. The summed E-state index contributed by atoms with van der Waals surface area (Å²) in [6.45, 7) is 6.72. The first-order valence-electron chi connectivity index (χ1n) is 7.94. The largest absolute Gasteiger partial charge is 0.494 e. The Kier molecular flexibility index (Phi) is 5.88. The van der Waals surface area contributed by atoms with Crippen molar-refractivity contribution in [3.05, 3.63) is 56.8 Å². The van der Waals surface area contributed by atoms with Crippen LogP contribution in [0.5, 0.6) is 5.75 Å². The van der Waals surface area contributed by atoms with Gasteiger partial charge in [0.2, 0.25) is 0 Å². The van der Waals surface area contributed by atoms with Gasteiger partial charge in [0.1, 0.15) is 11.6 Å². The van der Waals surface area contributed by atoms with Gasteiger partial charge in [-0.3, -0.25) is 9.69 Å². The molecule has 0 aliphatic rings. The quantitative estimate of drug-likeness (QED) is 0.804. The molecule has 0 fully saturated rings. The fourth-order valence-corrected chi connectivity index (χ4v) is 2.52. The molecule has 0 radical (unpaired) electrons. The molecule has 25 heavy (non-hydrogen) atoms. The van der Waals surface area contributed by atoms with E-state index in [-0.39, 0.29) is 18.0 Å². The van der Waals surface area contributed by atoms with Gasteiger partial charge in [-0.2, -0.15) is 10.4 Å². The molecular formula is C18H21FN4O2. The second-order valence-electron chi connectivity index (χ2n) is 5.76. The molecule has 0 bridgehead atoms. The minimum atomic E-state index is -0.427. The Labute approximate surface area is 146 Å². The van der Waals surface area contributed by atoms with E-state index in [2.05, 4.69) is 5.10 Å². The van der Waals surface area contributed by atoms with Crippen LogP contribution in [0, 0.1) is 31.0 Å². The van der Waals surface area contributed by atoms with Crippen LogP contribution in [0.4, 0.5) is 4.39 Å². The number of benzene rings is 1. The number of hydrogen-bond donors (Lipinski definition) is 0. The van der Waals surface area contributed by atoms with Gasteiger partial charge in [-0.1, -0.05) is 13.0 Å². The molecule has 1 heterocycles. The molecular weight excluding hydrogens is 323 g/mol. The smallest absolute Gasteiger partial charge is 0.286 e. The second kappa shape index (κ2) is 7.90. The van der Waals surface area contributed by atoms with Crippen molar-refractivity contribution in [2.45, 2.75) is 34.0 Å². The highest BCUT2D eigenvalue weighted by molar-refractivity contribution is 5.36. The van der Waals surface area contributed by atoms with Gasteiger partial charge in [0.05, 0.1) is 19.5 Å². The van der Waals surface area contributed by atoms with Crippen molar-refractivity contribution in [3.63, 3.8) is 0 Å². The second-order valence-corrected chi connectivity index (χ2v) is 5.76. The molecule has 0 atom stereocenters. The normalized spacial score (nSPS) is 10.8. The van der Waals surface area contributed by atoms with Gasteiger partial charge < -0.3 is 4.74 Å². The highest BCUT2D eigenvalue weighted by Gasteiger charge is 2.14. The average Bonchev–Trinajstić information content (AvgIpc) is 2.59. The Bertz CT molecular complexity index is 871. The van der Waals surface area contributed by atoms with Crippen LogP contribution >= 0.6 is 0 Å². The van der Waals surface area contributed by atoms with E-state index in [1.165, 1.54) is 17.9 Å². The lowest BCUT2D eigenvalue weighted by Crippen LogP contribution is -2.35. The van der Waals surface area contributed by atoms with E-state index in [1.54, 1.807) is 26.0 Å². The van der Waals surface area contributed by atoms with Crippen LogP contribution in [0.15, 0.2) is 23.0 Å². The van der Waals surface area contributed by atoms with Gasteiger partial charge >= 0.3 is 0 Å². The summed E-state index contributed by atoms with van der Waals surface area (Å²) in [6.07, 6.45) is 0. The predicted molar refractivity (Wildman–Crippen MR) is 91.7 cm³/mol. The van der Waals surface area contributed by atoms with Crippen molar-refractivity contribution in [1.29, 1.82) is 5.26 Å². The molecule has 1 aromatic heterocycles. The third-order valence-corrected chi connectivity index (χ3v) is 4.15. The van der Waals surface area contributed by atoms with Crippen LogP contribution in [0.3, 0.4) is 0 Å². The van der Waals surface area contributed by atoms with Crippen LogP contribution in [0.1, 0.15) is 29.3 Å². The predicted octanol–water partition coefficient (Wildman–Crippen LogP) is 2.36. The fourth-order valence-electron chi connectivity index (χ4n) is 2.52. The highest BCUT2D eigenvalue weighted by Crippen LogP contribution is 2.18. The van der Waals surface area contributed by atoms with E-state index < -0.39 is 11.4 Å². The maximum Gasteiger partial charge on any atom is 0.286 e. The van der Waals surface area contributed by atoms with Crippen LogP contribution in [-0.4, -0.2) is 28.3 Å². The lowest BCUT2D eigenvalue weighted by atomic mass is 10.1. The summed E-state index contributed by atoms with van der Waals surface area (Å²) >= 11 is 0. The number of nitrogens with zero attached hydrogens (tertiary/aromatic N) is 4. The molecule has 0 unspecified atom stereocenters. The zero-order chi connectivity index (χ0) is 18.6. The fraction of sp³-hybridized carbons (Fsp3) is 0.389. The summed E-state index contributed by atoms with van der Waals surface area (Å²) in [5.74, 6) is -0.234. The monoisotopic (exact) mass is 344 g/mol. The maximum atomic E-state index is 13.8. The summed E-state index contributed by atoms with van der Waals surface area (Å²) in [7, 11) is 1.42. The number of rotatable bonds is 6. The zero-order valence-electron chi connectivity index (χ0n) is 14.8. The van der Waals surface area contributed by atoms with Gasteiger partial charge in [-0.25, -0.2) is 9.07 Å². The lowest BCUT2D eigenvalue weighted by Gasteiger charge is -2.21. The third-order valence-electron chi connectivity index (χ3n) is 4.15. The Balaban J connectivity index is 2.26. The van der Waals surface area contributed by atoms with Gasteiger partial charge in [0, 0.05) is 6.54 Å². The molecule has 0 aliphatic carbocycles. The van der Waals surface area contributed by atoms with Crippen LogP contribution in [0.25, 0.3) is 0 Å². The molecule has 0 aliphatic heterocycles. The minimum Gasteiger partial charge on any atom is -0.494 e. The molecule has 6 nitrogen and oxygen atoms in total. The number of hydrogen-bond acceptors (Lipinski definition) is 5. The Morgan fingerprint density at radius 2 is 2.12 bits per heavy atom. The summed E-state index contributed by atoms with van der Waals surface area (Å²) in [5.41, 5.74) is 1.70. The SMILES string of the molecule is CCN(Cc1ccc(OC)c(F)c1)Cn1nc(C)c(C)c(C#N)c1=O. The topological polar surface area (TPSA) is 71.2 Å². The van der Waals surface area contributed by atoms with Gasteiger partial charge in [0.15, 0.2) is 11.6 Å². The van der Waals surface area contributed by atoms with Crippen LogP contribution in [0.2, 0.25) is 0 Å². The van der Waals surface area contributed by atoms with Crippen molar-refractivity contribution in [3.8, 4) is 11.8 Å². The minimum absolute atomic E-state index is 0.110. The van der Waals surface area contributed by atoms with Crippen LogP contribution < -0.4 is 10.3 Å². The van der Waals surface area contributed by atoms with Crippen molar-refractivity contribution < 1.29 is 9.13 Å². The van der Waals surface area contributed by atoms with Crippen molar-refractivity contribution in [2.24, 2.45) is 0 Å². The van der Waals surface area contributed by atoms with Crippen molar-refractivity contribution in [1.82, 2.24) is 14.7 Å². The van der Waals surface area contributed by atoms with E-state index in [9.17, 15) is 14.4 Å². The first kappa shape index (κ1) is 18.6. The van der Waals surface area contributed by atoms with Gasteiger partial charge in [0.25, 0.3) is 5.56 Å². The molecule has 2 rings (SSSR count). The number of halogens is 1. The molecule has 0 saturated heterocycles.